The largest absolute Gasteiger partial charge is 0.453 e. The van der Waals surface area contributed by atoms with Gasteiger partial charge in [0.1, 0.15) is 5.82 Å². The first-order chi connectivity index (χ1) is 11.6. The zero-order chi connectivity index (χ0) is 17.1. The zero-order valence-electron chi connectivity index (χ0n) is 12.8. The standard InChI is InChI=1S/C15H15FN4O3S/c1-23-15(22)19-13-17-11-6-7-20(8-12(11)24-13)14(21)18-10-5-3-2-4-9(10)16/h2-5H,6-8H2,1H3,(H,18,21)(H,17,19,22). The summed E-state index contributed by atoms with van der Waals surface area (Å²) in [6, 6.07) is 5.64. The number of nitrogens with one attached hydrogen (secondary N) is 2. The van der Waals surface area contributed by atoms with Crippen LogP contribution in [0.1, 0.15) is 10.6 Å². The number of rotatable bonds is 2. The smallest absolute Gasteiger partial charge is 0.413 e. The molecule has 0 aliphatic carbocycles. The molecule has 0 atom stereocenters. The minimum absolute atomic E-state index is 0.144. The molecule has 2 aromatic rings. The molecule has 3 amide bonds. The summed E-state index contributed by atoms with van der Waals surface area (Å²) in [4.78, 5) is 30.3. The second-order valence-corrected chi connectivity index (χ2v) is 6.17. The van der Waals surface area contributed by atoms with Crippen LogP contribution in [0.25, 0.3) is 0 Å². The van der Waals surface area contributed by atoms with E-state index < -0.39 is 11.9 Å². The lowest BCUT2D eigenvalue weighted by Gasteiger charge is -2.26. The van der Waals surface area contributed by atoms with Gasteiger partial charge in [0.2, 0.25) is 0 Å². The first kappa shape index (κ1) is 16.2. The molecule has 7 nitrogen and oxygen atoms in total. The van der Waals surface area contributed by atoms with E-state index in [2.05, 4.69) is 20.4 Å². The second kappa shape index (κ2) is 6.83. The monoisotopic (exact) mass is 350 g/mol. The number of hydrogen-bond acceptors (Lipinski definition) is 5. The van der Waals surface area contributed by atoms with Gasteiger partial charge in [-0.3, -0.25) is 5.32 Å². The number of thiazole rings is 1. The van der Waals surface area contributed by atoms with Gasteiger partial charge in [-0.15, -0.1) is 0 Å². The highest BCUT2D eigenvalue weighted by molar-refractivity contribution is 7.15. The third kappa shape index (κ3) is 3.46. The molecule has 24 heavy (non-hydrogen) atoms. The van der Waals surface area contributed by atoms with Crippen LogP contribution in [-0.4, -0.2) is 35.7 Å². The Bertz CT molecular complexity index is 780. The number of urea groups is 1. The molecule has 3 rings (SSSR count). The number of ether oxygens (including phenoxy) is 1. The fourth-order valence-electron chi connectivity index (χ4n) is 2.32. The van der Waals surface area contributed by atoms with E-state index in [1.165, 1.54) is 30.6 Å². The molecule has 1 aromatic heterocycles. The zero-order valence-corrected chi connectivity index (χ0v) is 13.7. The van der Waals surface area contributed by atoms with E-state index in [4.69, 9.17) is 0 Å². The van der Waals surface area contributed by atoms with Crippen LogP contribution in [-0.2, 0) is 17.7 Å². The Morgan fingerprint density at radius 2 is 2.12 bits per heavy atom. The Kier molecular flexibility index (Phi) is 4.61. The van der Waals surface area contributed by atoms with Gasteiger partial charge < -0.3 is 15.0 Å². The number of aromatic nitrogens is 1. The molecule has 0 spiro atoms. The van der Waals surface area contributed by atoms with E-state index in [-0.39, 0.29) is 11.7 Å². The van der Waals surface area contributed by atoms with Crippen molar-refractivity contribution in [3.05, 3.63) is 40.7 Å². The summed E-state index contributed by atoms with van der Waals surface area (Å²) in [6.45, 7) is 0.824. The highest BCUT2D eigenvalue weighted by Gasteiger charge is 2.25. The molecule has 2 heterocycles. The summed E-state index contributed by atoms with van der Waals surface area (Å²) in [6.07, 6.45) is -0.0189. The van der Waals surface area contributed by atoms with Gasteiger partial charge in [-0.1, -0.05) is 23.5 Å². The van der Waals surface area contributed by atoms with Gasteiger partial charge in [-0.05, 0) is 12.1 Å². The van der Waals surface area contributed by atoms with Crippen molar-refractivity contribution in [1.82, 2.24) is 9.88 Å². The Labute approximate surface area is 141 Å². The number of carbonyl (C=O) groups excluding carboxylic acids is 2. The molecular formula is C15H15FN4O3S. The number of nitrogens with zero attached hydrogens (tertiary/aromatic N) is 2. The van der Waals surface area contributed by atoms with Gasteiger partial charge in [0.05, 0.1) is 25.0 Å². The van der Waals surface area contributed by atoms with Crippen LogP contribution in [0.3, 0.4) is 0 Å². The minimum atomic E-state index is -0.588. The highest BCUT2D eigenvalue weighted by atomic mass is 32.1. The molecule has 0 saturated heterocycles. The number of halogens is 1. The Hall–Kier alpha value is -2.68. The van der Waals surface area contributed by atoms with Crippen molar-refractivity contribution in [3.63, 3.8) is 0 Å². The van der Waals surface area contributed by atoms with Crippen LogP contribution < -0.4 is 10.6 Å². The molecule has 126 valence electrons. The molecule has 0 fully saturated rings. The number of benzene rings is 1. The van der Waals surface area contributed by atoms with Crippen molar-refractivity contribution in [2.24, 2.45) is 0 Å². The minimum Gasteiger partial charge on any atom is -0.453 e. The summed E-state index contributed by atoms with van der Waals surface area (Å²) < 4.78 is 18.2. The Balaban J connectivity index is 1.67. The normalized spacial score (nSPS) is 13.2. The lowest BCUT2D eigenvalue weighted by atomic mass is 10.2. The topological polar surface area (TPSA) is 83.6 Å². The molecule has 1 aliphatic rings. The molecule has 0 unspecified atom stereocenters. The predicted molar refractivity (Wildman–Crippen MR) is 87.7 cm³/mol. The van der Waals surface area contributed by atoms with Crippen LogP contribution in [0.4, 0.5) is 24.8 Å². The summed E-state index contributed by atoms with van der Waals surface area (Å²) in [5.74, 6) is -0.481. The van der Waals surface area contributed by atoms with Crippen LogP contribution in [0.15, 0.2) is 24.3 Å². The molecule has 0 radical (unpaired) electrons. The van der Waals surface area contributed by atoms with Gasteiger partial charge in [-0.2, -0.15) is 0 Å². The summed E-state index contributed by atoms with van der Waals surface area (Å²) in [5.41, 5.74) is 0.993. The number of anilines is 2. The first-order valence-corrected chi connectivity index (χ1v) is 8.02. The number of hydrogen-bond donors (Lipinski definition) is 2. The maximum Gasteiger partial charge on any atom is 0.413 e. The Morgan fingerprint density at radius 3 is 2.88 bits per heavy atom. The molecule has 0 saturated carbocycles. The third-order valence-electron chi connectivity index (χ3n) is 3.53. The number of fused-ring (bicyclic) bond motifs is 1. The molecule has 9 heteroatoms. The van der Waals surface area contributed by atoms with Crippen molar-refractivity contribution < 1.29 is 18.7 Å². The maximum absolute atomic E-state index is 13.6. The van der Waals surface area contributed by atoms with E-state index in [0.29, 0.717) is 24.6 Å². The van der Waals surface area contributed by atoms with Gasteiger partial charge in [0.15, 0.2) is 5.13 Å². The average molecular weight is 350 g/mol. The van der Waals surface area contributed by atoms with E-state index in [1.807, 2.05) is 0 Å². The van der Waals surface area contributed by atoms with E-state index in [0.717, 1.165) is 10.6 Å². The molecule has 0 bridgehead atoms. The quantitative estimate of drug-likeness (QED) is 0.872. The highest BCUT2D eigenvalue weighted by Crippen LogP contribution is 2.28. The number of methoxy groups -OCH3 is 1. The Morgan fingerprint density at radius 1 is 1.33 bits per heavy atom. The van der Waals surface area contributed by atoms with Crippen molar-refractivity contribution >= 4 is 34.3 Å². The number of carbonyl (C=O) groups is 2. The van der Waals surface area contributed by atoms with Crippen LogP contribution in [0.2, 0.25) is 0 Å². The fourth-order valence-corrected chi connectivity index (χ4v) is 3.33. The van der Waals surface area contributed by atoms with E-state index >= 15 is 0 Å². The molecular weight excluding hydrogens is 335 g/mol. The van der Waals surface area contributed by atoms with Gasteiger partial charge in [-0.25, -0.2) is 19.0 Å². The van der Waals surface area contributed by atoms with E-state index in [9.17, 15) is 14.0 Å². The van der Waals surface area contributed by atoms with Crippen LogP contribution in [0.5, 0.6) is 0 Å². The lowest BCUT2D eigenvalue weighted by molar-refractivity contribution is 0.187. The fraction of sp³-hybridized carbons (Fsp3) is 0.267. The molecule has 2 N–H and O–H groups in total. The summed E-state index contributed by atoms with van der Waals surface area (Å²) in [5, 5.41) is 5.52. The number of para-hydroxylation sites is 1. The predicted octanol–water partition coefficient (Wildman–Crippen LogP) is 3.05. The van der Waals surface area contributed by atoms with Gasteiger partial charge >= 0.3 is 12.1 Å². The first-order valence-electron chi connectivity index (χ1n) is 7.21. The van der Waals surface area contributed by atoms with Gasteiger partial charge in [0, 0.05) is 17.8 Å². The average Bonchev–Trinajstić information content (AvgIpc) is 2.97. The van der Waals surface area contributed by atoms with Crippen molar-refractivity contribution in [2.75, 3.05) is 24.3 Å². The van der Waals surface area contributed by atoms with Crippen molar-refractivity contribution in [1.29, 1.82) is 0 Å². The number of amides is 3. The molecule has 1 aromatic carbocycles. The van der Waals surface area contributed by atoms with Crippen LogP contribution in [0, 0.1) is 5.82 Å². The van der Waals surface area contributed by atoms with Gasteiger partial charge in [0.25, 0.3) is 0 Å². The lowest BCUT2D eigenvalue weighted by Crippen LogP contribution is -2.38. The second-order valence-electron chi connectivity index (χ2n) is 5.09. The van der Waals surface area contributed by atoms with Crippen LogP contribution >= 0.6 is 11.3 Å². The maximum atomic E-state index is 13.6. The summed E-state index contributed by atoms with van der Waals surface area (Å²) >= 11 is 1.29. The third-order valence-corrected chi connectivity index (χ3v) is 4.53. The molecule has 1 aliphatic heterocycles. The van der Waals surface area contributed by atoms with E-state index in [1.54, 1.807) is 17.0 Å². The van der Waals surface area contributed by atoms with Crippen molar-refractivity contribution in [2.45, 2.75) is 13.0 Å². The summed E-state index contributed by atoms with van der Waals surface area (Å²) in [7, 11) is 1.28. The SMILES string of the molecule is COC(=O)Nc1nc2c(s1)CN(C(=O)Nc1ccccc1F)CC2. The van der Waals surface area contributed by atoms with Crippen molar-refractivity contribution in [3.8, 4) is 0 Å².